The Morgan fingerprint density at radius 2 is 1.79 bits per heavy atom. The highest BCUT2D eigenvalue weighted by Crippen LogP contribution is 2.46. The Kier molecular flexibility index (Phi) is 7.45. The van der Waals surface area contributed by atoms with Crippen molar-refractivity contribution >= 4 is 51.6 Å². The molecule has 2 aliphatic rings. The van der Waals surface area contributed by atoms with Crippen LogP contribution >= 0.6 is 23.2 Å². The van der Waals surface area contributed by atoms with Gasteiger partial charge < -0.3 is 29.7 Å². The van der Waals surface area contributed by atoms with Crippen molar-refractivity contribution in [3.8, 4) is 22.9 Å². The first-order chi connectivity index (χ1) is 18.6. The smallest absolute Gasteiger partial charge is 0.243 e. The Morgan fingerprint density at radius 3 is 2.41 bits per heavy atom. The summed E-state index contributed by atoms with van der Waals surface area (Å²) in [6.45, 7) is 10.4. The molecule has 2 fully saturated rings. The molecule has 1 unspecified atom stereocenters. The highest BCUT2D eigenvalue weighted by molar-refractivity contribution is 6.41. The quantitative estimate of drug-likeness (QED) is 0.380. The van der Waals surface area contributed by atoms with Gasteiger partial charge in [0.15, 0.2) is 5.82 Å². The van der Waals surface area contributed by atoms with Crippen molar-refractivity contribution in [1.29, 1.82) is 0 Å². The number of carbonyl (C=O) groups excluding carboxylic acids is 1. The number of methoxy groups -OCH3 is 2. The molecule has 4 heterocycles. The lowest BCUT2D eigenvalue weighted by Crippen LogP contribution is -2.53. The Bertz CT molecular complexity index is 1410. The first-order valence-corrected chi connectivity index (χ1v) is 13.2. The average Bonchev–Trinajstić information content (AvgIpc) is 3.33. The van der Waals surface area contributed by atoms with E-state index in [0.29, 0.717) is 47.4 Å². The average molecular weight is 573 g/mol. The first-order valence-electron chi connectivity index (χ1n) is 12.4. The number of rotatable bonds is 8. The van der Waals surface area contributed by atoms with Crippen LogP contribution in [-0.2, 0) is 9.53 Å². The number of fused-ring (bicyclic) bond motifs is 1. The molecule has 2 atom stereocenters. The molecule has 1 amide bonds. The maximum atomic E-state index is 11.8. The molecule has 0 spiro atoms. The fraction of sp³-hybridized carbons (Fsp3) is 0.407. The van der Waals surface area contributed by atoms with Crippen LogP contribution in [0.5, 0.6) is 11.5 Å². The van der Waals surface area contributed by atoms with Crippen LogP contribution in [-0.4, -0.2) is 73.5 Å². The van der Waals surface area contributed by atoms with E-state index < -0.39 is 0 Å². The van der Waals surface area contributed by atoms with Crippen molar-refractivity contribution in [2.24, 2.45) is 5.41 Å². The van der Waals surface area contributed by atoms with Crippen molar-refractivity contribution in [3.05, 3.63) is 41.0 Å². The molecule has 0 aliphatic carbocycles. The minimum atomic E-state index is -0.251. The number of hydrogen-bond donors (Lipinski definition) is 2. The predicted octanol–water partition coefficient (Wildman–Crippen LogP) is 4.34. The van der Waals surface area contributed by atoms with E-state index in [4.69, 9.17) is 47.4 Å². The van der Waals surface area contributed by atoms with Gasteiger partial charge in [0.25, 0.3) is 0 Å². The van der Waals surface area contributed by atoms with Gasteiger partial charge in [-0.25, -0.2) is 15.0 Å². The van der Waals surface area contributed by atoms with Gasteiger partial charge in [-0.2, -0.15) is 0 Å². The van der Waals surface area contributed by atoms with Gasteiger partial charge in [-0.1, -0.05) is 43.6 Å². The normalized spacial score (nSPS) is 19.9. The van der Waals surface area contributed by atoms with Crippen LogP contribution < -0.4 is 25.0 Å². The number of nitrogens with zero attached hydrogens (tertiary/aromatic N) is 4. The van der Waals surface area contributed by atoms with E-state index in [1.807, 2.05) is 6.07 Å². The van der Waals surface area contributed by atoms with Crippen molar-refractivity contribution in [2.45, 2.75) is 25.9 Å². The summed E-state index contributed by atoms with van der Waals surface area (Å²) in [7, 11) is 3.04. The molecule has 2 aliphatic heterocycles. The Hall–Kier alpha value is -3.34. The summed E-state index contributed by atoms with van der Waals surface area (Å²) in [6.07, 6.45) is 2.93. The predicted molar refractivity (Wildman–Crippen MR) is 152 cm³/mol. The molecule has 0 bridgehead atoms. The van der Waals surface area contributed by atoms with Crippen LogP contribution in [0.15, 0.2) is 31.0 Å². The highest BCUT2D eigenvalue weighted by atomic mass is 35.5. The lowest BCUT2D eigenvalue weighted by molar-refractivity contribution is -0.117. The standard InChI is InChI=1S/C27H30Cl2N6O4/c1-6-21(36)32-17-11-39-10-16(17)31-20-7-14-15(9-30-20)33-25(34-26(14)35-12-27(2,3)13-35)22-23(28)18(37-4)8-19(38-5)24(22)29/h6-9,16-17H,1,10-13H2,2-5H3,(H,30,31)(H,32,36)/t16?,17-/m0/s1. The molecule has 2 N–H and O–H groups in total. The molecule has 2 aromatic heterocycles. The Balaban J connectivity index is 1.58. The van der Waals surface area contributed by atoms with Crippen molar-refractivity contribution < 1.29 is 19.0 Å². The molecule has 2 saturated heterocycles. The minimum Gasteiger partial charge on any atom is -0.495 e. The maximum Gasteiger partial charge on any atom is 0.243 e. The molecule has 5 rings (SSSR count). The monoisotopic (exact) mass is 572 g/mol. The van der Waals surface area contributed by atoms with Crippen LogP contribution in [0.1, 0.15) is 13.8 Å². The van der Waals surface area contributed by atoms with Crippen molar-refractivity contribution in [3.63, 3.8) is 0 Å². The largest absolute Gasteiger partial charge is 0.495 e. The van der Waals surface area contributed by atoms with Crippen LogP contribution in [0.4, 0.5) is 11.6 Å². The fourth-order valence-electron chi connectivity index (χ4n) is 4.94. The van der Waals surface area contributed by atoms with E-state index in [9.17, 15) is 4.79 Å². The molecular formula is C27H30Cl2N6O4. The van der Waals surface area contributed by atoms with E-state index in [1.165, 1.54) is 20.3 Å². The van der Waals surface area contributed by atoms with Gasteiger partial charge in [-0.3, -0.25) is 4.79 Å². The molecule has 0 radical (unpaired) electrons. The van der Waals surface area contributed by atoms with Gasteiger partial charge in [0, 0.05) is 24.5 Å². The van der Waals surface area contributed by atoms with Crippen molar-refractivity contribution in [1.82, 2.24) is 20.3 Å². The van der Waals surface area contributed by atoms with Gasteiger partial charge >= 0.3 is 0 Å². The van der Waals surface area contributed by atoms with Crippen molar-refractivity contribution in [2.75, 3.05) is 50.7 Å². The zero-order valence-electron chi connectivity index (χ0n) is 22.2. The Morgan fingerprint density at radius 1 is 1.13 bits per heavy atom. The number of pyridine rings is 1. The molecule has 3 aromatic rings. The lowest BCUT2D eigenvalue weighted by Gasteiger charge is -2.47. The van der Waals surface area contributed by atoms with Crippen LogP contribution in [0.25, 0.3) is 22.3 Å². The number of carbonyl (C=O) groups is 1. The number of halogens is 2. The van der Waals surface area contributed by atoms with Gasteiger partial charge in [0.1, 0.15) is 23.1 Å². The maximum absolute atomic E-state index is 11.8. The third-order valence-electron chi connectivity index (χ3n) is 6.82. The second-order valence-corrected chi connectivity index (χ2v) is 11.1. The number of ether oxygens (including phenoxy) is 3. The molecular weight excluding hydrogens is 543 g/mol. The third kappa shape index (κ3) is 5.28. The summed E-state index contributed by atoms with van der Waals surface area (Å²) in [5.74, 6) is 2.25. The number of nitrogens with one attached hydrogen (secondary N) is 2. The third-order valence-corrected chi connectivity index (χ3v) is 7.57. The zero-order valence-corrected chi connectivity index (χ0v) is 23.7. The summed E-state index contributed by atoms with van der Waals surface area (Å²) in [4.78, 5) is 28.4. The molecule has 0 saturated carbocycles. The summed E-state index contributed by atoms with van der Waals surface area (Å²) in [6, 6.07) is 3.17. The summed E-state index contributed by atoms with van der Waals surface area (Å²) in [5, 5.41) is 7.69. The SMILES string of the molecule is C=CC(=O)N[C@H]1COCC1Nc1cc2c(N3CC(C)(C)C3)nc(-c3c(Cl)c(OC)cc(OC)c3Cl)nc2cn1. The molecule has 1 aromatic carbocycles. The van der Waals surface area contributed by atoms with Crippen LogP contribution in [0.3, 0.4) is 0 Å². The number of hydrogen-bond acceptors (Lipinski definition) is 9. The van der Waals surface area contributed by atoms with E-state index >= 15 is 0 Å². The van der Waals surface area contributed by atoms with Gasteiger partial charge in [-0.15, -0.1) is 0 Å². The van der Waals surface area contributed by atoms with E-state index in [0.717, 1.165) is 24.3 Å². The molecule has 39 heavy (non-hydrogen) atoms. The molecule has 206 valence electrons. The van der Waals surface area contributed by atoms with Gasteiger partial charge in [0.2, 0.25) is 5.91 Å². The van der Waals surface area contributed by atoms with E-state index in [1.54, 1.807) is 12.3 Å². The molecule has 10 nitrogen and oxygen atoms in total. The number of anilines is 2. The first kappa shape index (κ1) is 27.2. The van der Waals surface area contributed by atoms with Gasteiger partial charge in [-0.05, 0) is 17.6 Å². The van der Waals surface area contributed by atoms with Gasteiger partial charge in [0.05, 0.1) is 66.8 Å². The summed E-state index contributed by atoms with van der Waals surface area (Å²) >= 11 is 13.4. The lowest BCUT2D eigenvalue weighted by atomic mass is 9.84. The number of benzene rings is 1. The molecule has 12 heteroatoms. The summed E-state index contributed by atoms with van der Waals surface area (Å²) < 4.78 is 16.5. The zero-order chi connectivity index (χ0) is 27.9. The highest BCUT2D eigenvalue weighted by Gasteiger charge is 2.37. The van der Waals surface area contributed by atoms with E-state index in [2.05, 4.69) is 40.9 Å². The van der Waals surface area contributed by atoms with Crippen LogP contribution in [0, 0.1) is 5.41 Å². The minimum absolute atomic E-state index is 0.151. The topological polar surface area (TPSA) is 111 Å². The second kappa shape index (κ2) is 10.7. The van der Waals surface area contributed by atoms with Crippen LogP contribution in [0.2, 0.25) is 10.0 Å². The Labute approximate surface area is 236 Å². The number of amides is 1. The second-order valence-electron chi connectivity index (χ2n) is 10.4. The fourth-order valence-corrected chi connectivity index (χ4v) is 5.61. The number of aromatic nitrogens is 3. The summed E-state index contributed by atoms with van der Waals surface area (Å²) in [5.41, 5.74) is 1.19. The van der Waals surface area contributed by atoms with E-state index in [-0.39, 0.29) is 33.5 Å².